The van der Waals surface area contributed by atoms with Crippen molar-refractivity contribution in [1.29, 1.82) is 0 Å². The number of benzene rings is 1. The average Bonchev–Trinajstić information content (AvgIpc) is 2.94. The molecule has 1 unspecified atom stereocenters. The Kier molecular flexibility index (Phi) is 4.98. The molecule has 0 spiro atoms. The summed E-state index contributed by atoms with van der Waals surface area (Å²) < 4.78 is 54.0. The molecule has 1 saturated heterocycles. The number of rotatable bonds is 4. The molecule has 2 aromatic rings. The highest BCUT2D eigenvalue weighted by Crippen LogP contribution is 2.29. The number of anilines is 1. The number of hydrogen-bond donors (Lipinski definition) is 1. The maximum Gasteiger partial charge on any atom is 0.573 e. The van der Waals surface area contributed by atoms with Crippen LogP contribution in [0.15, 0.2) is 42.6 Å². The molecule has 0 aliphatic carbocycles. The van der Waals surface area contributed by atoms with E-state index in [1.807, 2.05) is 0 Å². The number of hydrogen-bond acceptors (Lipinski definition) is 4. The van der Waals surface area contributed by atoms with Crippen LogP contribution in [0.5, 0.6) is 5.75 Å². The molecule has 1 aromatic carbocycles. The van der Waals surface area contributed by atoms with Crippen LogP contribution in [0, 0.1) is 5.95 Å². The van der Waals surface area contributed by atoms with E-state index < -0.39 is 35.9 Å². The molecule has 1 aliphatic heterocycles. The van der Waals surface area contributed by atoms with Crippen molar-refractivity contribution >= 4 is 17.5 Å². The molecule has 1 aromatic heterocycles. The van der Waals surface area contributed by atoms with Crippen LogP contribution in [0.1, 0.15) is 16.8 Å². The van der Waals surface area contributed by atoms with Gasteiger partial charge in [-0.25, -0.2) is 4.98 Å². The van der Waals surface area contributed by atoms with Crippen LogP contribution in [0.3, 0.4) is 0 Å². The third-order valence-corrected chi connectivity index (χ3v) is 3.86. The number of pyridine rings is 1. The summed E-state index contributed by atoms with van der Waals surface area (Å²) in [5, 5.41) is 2.49. The Morgan fingerprint density at radius 3 is 2.74 bits per heavy atom. The first-order valence-corrected chi connectivity index (χ1v) is 7.82. The molecule has 1 N–H and O–H groups in total. The number of carbonyl (C=O) groups excluding carboxylic acids is 2. The molecular weight excluding hydrogens is 370 g/mol. The van der Waals surface area contributed by atoms with Crippen molar-refractivity contribution < 1.29 is 31.9 Å². The van der Waals surface area contributed by atoms with E-state index in [1.165, 1.54) is 23.1 Å². The van der Waals surface area contributed by atoms with E-state index in [0.717, 1.165) is 24.4 Å². The third kappa shape index (κ3) is 4.52. The van der Waals surface area contributed by atoms with Gasteiger partial charge in [0.25, 0.3) is 5.91 Å². The lowest BCUT2D eigenvalue weighted by molar-refractivity contribution is -0.274. The molecule has 0 radical (unpaired) electrons. The summed E-state index contributed by atoms with van der Waals surface area (Å²) in [6.45, 7) is 0.198. The number of alkyl halides is 3. The number of carbonyl (C=O) groups is 2. The maximum atomic E-state index is 13.1. The first kappa shape index (κ1) is 18.6. The molecule has 0 bridgehead atoms. The summed E-state index contributed by atoms with van der Waals surface area (Å²) in [5.41, 5.74) is 0.225. The van der Waals surface area contributed by atoms with E-state index in [1.54, 1.807) is 0 Å². The van der Waals surface area contributed by atoms with E-state index in [-0.39, 0.29) is 24.2 Å². The smallest absolute Gasteiger partial charge is 0.406 e. The van der Waals surface area contributed by atoms with Crippen LogP contribution < -0.4 is 15.0 Å². The molecule has 6 nitrogen and oxygen atoms in total. The fourth-order valence-electron chi connectivity index (χ4n) is 2.70. The largest absolute Gasteiger partial charge is 0.573 e. The monoisotopic (exact) mass is 383 g/mol. The van der Waals surface area contributed by atoms with Gasteiger partial charge in [0.1, 0.15) is 11.8 Å². The summed E-state index contributed by atoms with van der Waals surface area (Å²) >= 11 is 0. The topological polar surface area (TPSA) is 71.5 Å². The molecule has 142 valence electrons. The first-order chi connectivity index (χ1) is 12.7. The highest BCUT2D eigenvalue weighted by molar-refractivity contribution is 6.03. The fourth-order valence-corrected chi connectivity index (χ4v) is 2.70. The third-order valence-electron chi connectivity index (χ3n) is 3.86. The molecule has 1 fully saturated rings. The van der Waals surface area contributed by atoms with E-state index >= 15 is 0 Å². The van der Waals surface area contributed by atoms with E-state index in [2.05, 4.69) is 15.0 Å². The highest BCUT2D eigenvalue weighted by Gasteiger charge is 2.35. The zero-order valence-electron chi connectivity index (χ0n) is 13.7. The van der Waals surface area contributed by atoms with Gasteiger partial charge in [-0.2, -0.15) is 4.39 Å². The number of aromatic nitrogens is 1. The van der Waals surface area contributed by atoms with Crippen LogP contribution in [0.4, 0.5) is 23.2 Å². The fraction of sp³-hybridized carbons (Fsp3) is 0.235. The quantitative estimate of drug-likeness (QED) is 0.651. The van der Waals surface area contributed by atoms with Crippen molar-refractivity contribution in [3.63, 3.8) is 0 Å². The zero-order valence-corrected chi connectivity index (χ0v) is 13.7. The van der Waals surface area contributed by atoms with Gasteiger partial charge in [0.15, 0.2) is 0 Å². The summed E-state index contributed by atoms with van der Waals surface area (Å²) in [6.07, 6.45) is -3.47. The Hall–Kier alpha value is -3.17. The Bertz CT molecular complexity index is 872. The molecule has 1 atom stereocenters. The lowest BCUT2D eigenvalue weighted by Gasteiger charge is -2.18. The van der Waals surface area contributed by atoms with Gasteiger partial charge in [0, 0.05) is 36.1 Å². The minimum absolute atomic E-state index is 0.00863. The van der Waals surface area contributed by atoms with E-state index in [0.29, 0.717) is 0 Å². The number of nitrogens with zero attached hydrogens (tertiary/aromatic N) is 2. The summed E-state index contributed by atoms with van der Waals surface area (Å²) in [5.74, 6) is -2.41. The van der Waals surface area contributed by atoms with Gasteiger partial charge >= 0.3 is 6.36 Å². The van der Waals surface area contributed by atoms with Gasteiger partial charge in [0.05, 0.1) is 0 Å². The normalized spacial score (nSPS) is 17.1. The van der Waals surface area contributed by atoms with Crippen molar-refractivity contribution in [2.24, 2.45) is 0 Å². The van der Waals surface area contributed by atoms with E-state index in [4.69, 9.17) is 0 Å². The van der Waals surface area contributed by atoms with Gasteiger partial charge < -0.3 is 15.0 Å². The van der Waals surface area contributed by atoms with E-state index in [9.17, 15) is 27.2 Å². The van der Waals surface area contributed by atoms with Crippen LogP contribution in [0.2, 0.25) is 0 Å². The van der Waals surface area contributed by atoms with Crippen molar-refractivity contribution in [1.82, 2.24) is 10.3 Å². The van der Waals surface area contributed by atoms with Crippen molar-refractivity contribution in [3.05, 3.63) is 54.1 Å². The lowest BCUT2D eigenvalue weighted by Crippen LogP contribution is -2.41. The average molecular weight is 383 g/mol. The van der Waals surface area contributed by atoms with Gasteiger partial charge in [0.2, 0.25) is 11.9 Å². The molecule has 3 rings (SSSR count). The minimum atomic E-state index is -4.84. The Morgan fingerprint density at radius 1 is 1.26 bits per heavy atom. The van der Waals surface area contributed by atoms with Crippen molar-refractivity contribution in [2.45, 2.75) is 18.8 Å². The number of nitrogens with one attached hydrogen (secondary N) is 1. The Morgan fingerprint density at radius 2 is 2.04 bits per heavy atom. The minimum Gasteiger partial charge on any atom is -0.406 e. The maximum absolute atomic E-state index is 13.1. The highest BCUT2D eigenvalue weighted by atomic mass is 19.4. The SMILES string of the molecule is O=C(NC1CCN(c2cccc(OC(F)(F)F)c2)C1=O)c1ccnc(F)c1. The Labute approximate surface area is 150 Å². The number of ether oxygens (including phenoxy) is 1. The van der Waals surface area contributed by atoms with Crippen LogP contribution >= 0.6 is 0 Å². The molecule has 10 heteroatoms. The second-order valence-corrected chi connectivity index (χ2v) is 5.72. The van der Waals surface area contributed by atoms with Gasteiger partial charge in [-0.3, -0.25) is 9.59 Å². The number of halogens is 4. The standard InChI is InChI=1S/C17H13F4N3O3/c18-14-8-10(4-6-22-14)15(25)23-13-5-7-24(16(13)26)11-2-1-3-12(9-11)27-17(19,20)21/h1-4,6,8-9,13H,5,7H2,(H,23,25). The lowest BCUT2D eigenvalue weighted by atomic mass is 10.2. The first-order valence-electron chi connectivity index (χ1n) is 7.82. The molecular formula is C17H13F4N3O3. The van der Waals surface area contributed by atoms with Crippen LogP contribution in [-0.2, 0) is 4.79 Å². The Balaban J connectivity index is 1.70. The molecule has 0 saturated carbocycles. The summed E-state index contributed by atoms with van der Waals surface area (Å²) in [6, 6.07) is 6.36. The molecule has 2 amide bonds. The number of amides is 2. The second-order valence-electron chi connectivity index (χ2n) is 5.72. The zero-order chi connectivity index (χ0) is 19.6. The molecule has 27 heavy (non-hydrogen) atoms. The second kappa shape index (κ2) is 7.22. The summed E-state index contributed by atoms with van der Waals surface area (Å²) in [7, 11) is 0. The predicted octanol–water partition coefficient (Wildman–Crippen LogP) is 2.65. The predicted molar refractivity (Wildman–Crippen MR) is 85.5 cm³/mol. The van der Waals surface area contributed by atoms with Crippen molar-refractivity contribution in [3.8, 4) is 5.75 Å². The van der Waals surface area contributed by atoms with Gasteiger partial charge in [-0.05, 0) is 24.6 Å². The van der Waals surface area contributed by atoms with Crippen LogP contribution in [0.25, 0.3) is 0 Å². The van der Waals surface area contributed by atoms with Crippen LogP contribution in [-0.4, -0.2) is 35.7 Å². The summed E-state index contributed by atoms with van der Waals surface area (Å²) in [4.78, 5) is 29.2. The van der Waals surface area contributed by atoms with Gasteiger partial charge in [-0.1, -0.05) is 6.07 Å². The molecule has 2 heterocycles. The van der Waals surface area contributed by atoms with Gasteiger partial charge in [-0.15, -0.1) is 13.2 Å². The van der Waals surface area contributed by atoms with Crippen molar-refractivity contribution in [2.75, 3.05) is 11.4 Å². The molecule has 1 aliphatic rings.